The molecule has 1 fully saturated rings. The second-order valence-electron chi connectivity index (χ2n) is 6.37. The lowest BCUT2D eigenvalue weighted by atomic mass is 10.1. The summed E-state index contributed by atoms with van der Waals surface area (Å²) in [5.41, 5.74) is 2.90. The normalized spacial score (nSPS) is 17.0. The maximum Gasteiger partial charge on any atom is 0.227 e. The van der Waals surface area contributed by atoms with Crippen LogP contribution in [0.1, 0.15) is 17.5 Å². The molecule has 0 spiro atoms. The topological polar surface area (TPSA) is 49.4 Å². The molecule has 4 nitrogen and oxygen atoms in total. The zero-order valence-electron chi connectivity index (χ0n) is 14.2. The van der Waals surface area contributed by atoms with Crippen molar-refractivity contribution in [2.24, 2.45) is 5.92 Å². The predicted octanol–water partition coefficient (Wildman–Crippen LogP) is 3.36. The Morgan fingerprint density at radius 3 is 2.72 bits per heavy atom. The van der Waals surface area contributed by atoms with E-state index in [0.29, 0.717) is 18.1 Å². The van der Waals surface area contributed by atoms with Crippen molar-refractivity contribution < 1.29 is 9.59 Å². The molecule has 1 heterocycles. The smallest absolute Gasteiger partial charge is 0.227 e. The van der Waals surface area contributed by atoms with Crippen LogP contribution in [0.25, 0.3) is 0 Å². The molecule has 0 unspecified atom stereocenters. The average molecular weight is 357 g/mol. The van der Waals surface area contributed by atoms with Gasteiger partial charge in [-0.25, -0.2) is 0 Å². The molecule has 0 bridgehead atoms. The molecule has 25 heavy (non-hydrogen) atoms. The van der Waals surface area contributed by atoms with Gasteiger partial charge in [0.1, 0.15) is 0 Å². The van der Waals surface area contributed by atoms with Gasteiger partial charge in [0.2, 0.25) is 11.8 Å². The Morgan fingerprint density at radius 1 is 1.24 bits per heavy atom. The highest BCUT2D eigenvalue weighted by molar-refractivity contribution is 6.31. The van der Waals surface area contributed by atoms with Crippen LogP contribution in [0.2, 0.25) is 5.02 Å². The van der Waals surface area contributed by atoms with Crippen molar-refractivity contribution in [3.05, 3.63) is 64.7 Å². The first kappa shape index (κ1) is 17.5. The van der Waals surface area contributed by atoms with E-state index in [1.165, 1.54) is 5.56 Å². The summed E-state index contributed by atoms with van der Waals surface area (Å²) in [5.74, 6) is -0.420. The van der Waals surface area contributed by atoms with Gasteiger partial charge in [-0.05, 0) is 36.6 Å². The Hall–Kier alpha value is -2.33. The quantitative estimate of drug-likeness (QED) is 0.893. The number of carbonyl (C=O) groups excluding carboxylic acids is 2. The van der Waals surface area contributed by atoms with Gasteiger partial charge in [-0.1, -0.05) is 48.0 Å². The second kappa shape index (κ2) is 7.70. The van der Waals surface area contributed by atoms with Crippen molar-refractivity contribution in [3.8, 4) is 0 Å². The highest BCUT2D eigenvalue weighted by Gasteiger charge is 2.35. The van der Waals surface area contributed by atoms with E-state index in [2.05, 4.69) is 5.32 Å². The molecule has 1 saturated heterocycles. The van der Waals surface area contributed by atoms with Gasteiger partial charge in [0.15, 0.2) is 0 Å². The number of aryl methyl sites for hydroxylation is 1. The van der Waals surface area contributed by atoms with Crippen LogP contribution >= 0.6 is 11.6 Å². The maximum atomic E-state index is 12.4. The van der Waals surface area contributed by atoms with Crippen LogP contribution in [0, 0.1) is 12.8 Å². The van der Waals surface area contributed by atoms with Crippen LogP contribution in [0.4, 0.5) is 5.69 Å². The van der Waals surface area contributed by atoms with Gasteiger partial charge in [-0.15, -0.1) is 0 Å². The molecular weight excluding hydrogens is 336 g/mol. The van der Waals surface area contributed by atoms with Crippen LogP contribution in [0.5, 0.6) is 0 Å². The third-order valence-corrected chi connectivity index (χ3v) is 4.93. The summed E-state index contributed by atoms with van der Waals surface area (Å²) in [5, 5.41) is 3.57. The van der Waals surface area contributed by atoms with Crippen LogP contribution in [0.15, 0.2) is 48.5 Å². The summed E-state index contributed by atoms with van der Waals surface area (Å²) in [6.07, 6.45) is 1.02. The van der Waals surface area contributed by atoms with Crippen molar-refractivity contribution in [3.63, 3.8) is 0 Å². The van der Waals surface area contributed by atoms with Gasteiger partial charge < -0.3 is 10.2 Å². The van der Waals surface area contributed by atoms with E-state index in [4.69, 9.17) is 11.6 Å². The number of amides is 2. The van der Waals surface area contributed by atoms with Crippen LogP contribution in [0.3, 0.4) is 0 Å². The van der Waals surface area contributed by atoms with E-state index < -0.39 is 0 Å². The van der Waals surface area contributed by atoms with Crippen LogP contribution < -0.4 is 10.2 Å². The number of hydrogen-bond acceptors (Lipinski definition) is 2. The third-order valence-electron chi connectivity index (χ3n) is 4.52. The van der Waals surface area contributed by atoms with E-state index in [0.717, 1.165) is 17.7 Å². The Labute approximate surface area is 152 Å². The van der Waals surface area contributed by atoms with Crippen molar-refractivity contribution in [1.29, 1.82) is 0 Å². The molecule has 0 aliphatic carbocycles. The third kappa shape index (κ3) is 4.20. The fraction of sp³-hybridized carbons (Fsp3) is 0.300. The van der Waals surface area contributed by atoms with E-state index >= 15 is 0 Å². The van der Waals surface area contributed by atoms with Crippen molar-refractivity contribution in [1.82, 2.24) is 5.32 Å². The van der Waals surface area contributed by atoms with Gasteiger partial charge in [0.05, 0.1) is 5.92 Å². The summed E-state index contributed by atoms with van der Waals surface area (Å²) in [4.78, 5) is 26.3. The first-order valence-electron chi connectivity index (χ1n) is 8.43. The zero-order chi connectivity index (χ0) is 17.8. The van der Waals surface area contributed by atoms with E-state index in [1.54, 1.807) is 11.0 Å². The average Bonchev–Trinajstić information content (AvgIpc) is 3.00. The molecule has 1 atom stereocenters. The molecule has 2 amide bonds. The van der Waals surface area contributed by atoms with E-state index in [9.17, 15) is 9.59 Å². The molecule has 130 valence electrons. The first-order chi connectivity index (χ1) is 12.0. The number of hydrogen-bond donors (Lipinski definition) is 1. The lowest BCUT2D eigenvalue weighted by Gasteiger charge is -2.17. The van der Waals surface area contributed by atoms with Gasteiger partial charge in [0, 0.05) is 30.2 Å². The summed E-state index contributed by atoms with van der Waals surface area (Å²) < 4.78 is 0. The fourth-order valence-electron chi connectivity index (χ4n) is 3.00. The van der Waals surface area contributed by atoms with Crippen molar-refractivity contribution >= 4 is 29.1 Å². The standard InChI is InChI=1S/C20H21ClN2O2/c1-14-7-8-17(12-18(14)21)23-13-16(11-19(23)24)20(25)22-10-9-15-5-3-2-4-6-15/h2-8,12,16H,9-11,13H2,1H3,(H,22,25)/t16-/m1/s1. The Kier molecular flexibility index (Phi) is 5.39. The highest BCUT2D eigenvalue weighted by Crippen LogP contribution is 2.28. The minimum Gasteiger partial charge on any atom is -0.355 e. The number of rotatable bonds is 5. The number of carbonyl (C=O) groups is 2. The lowest BCUT2D eigenvalue weighted by Crippen LogP contribution is -2.34. The molecule has 2 aromatic rings. The van der Waals surface area contributed by atoms with Gasteiger partial charge in [-0.2, -0.15) is 0 Å². The molecule has 1 aliphatic heterocycles. The molecule has 0 saturated carbocycles. The molecular formula is C20H21ClN2O2. The fourth-order valence-corrected chi connectivity index (χ4v) is 3.18. The number of benzene rings is 2. The largest absolute Gasteiger partial charge is 0.355 e. The van der Waals surface area contributed by atoms with Crippen molar-refractivity contribution in [2.75, 3.05) is 18.0 Å². The van der Waals surface area contributed by atoms with Gasteiger partial charge >= 0.3 is 0 Å². The van der Waals surface area contributed by atoms with Crippen molar-refractivity contribution in [2.45, 2.75) is 19.8 Å². The number of anilines is 1. The van der Waals surface area contributed by atoms with Crippen LogP contribution in [-0.2, 0) is 16.0 Å². The lowest BCUT2D eigenvalue weighted by molar-refractivity contribution is -0.126. The molecule has 0 radical (unpaired) electrons. The zero-order valence-corrected chi connectivity index (χ0v) is 14.9. The molecule has 1 aliphatic rings. The highest BCUT2D eigenvalue weighted by atomic mass is 35.5. The molecule has 1 N–H and O–H groups in total. The summed E-state index contributed by atoms with van der Waals surface area (Å²) in [7, 11) is 0. The molecule has 2 aromatic carbocycles. The minimum atomic E-state index is -0.316. The Bertz CT molecular complexity index is 777. The van der Waals surface area contributed by atoms with E-state index in [1.807, 2.05) is 49.4 Å². The maximum absolute atomic E-state index is 12.4. The molecule has 5 heteroatoms. The Morgan fingerprint density at radius 2 is 2.00 bits per heavy atom. The van der Waals surface area contributed by atoms with Gasteiger partial charge in [0.25, 0.3) is 0 Å². The monoisotopic (exact) mass is 356 g/mol. The molecule has 0 aromatic heterocycles. The van der Waals surface area contributed by atoms with Crippen LogP contribution in [-0.4, -0.2) is 24.9 Å². The Balaban J connectivity index is 1.56. The number of nitrogens with zero attached hydrogens (tertiary/aromatic N) is 1. The number of nitrogens with one attached hydrogen (secondary N) is 1. The second-order valence-corrected chi connectivity index (χ2v) is 6.77. The first-order valence-corrected chi connectivity index (χ1v) is 8.80. The summed E-state index contributed by atoms with van der Waals surface area (Å²) >= 11 is 6.15. The van der Waals surface area contributed by atoms with E-state index in [-0.39, 0.29) is 24.2 Å². The number of halogens is 1. The summed E-state index contributed by atoms with van der Waals surface area (Å²) in [6, 6.07) is 15.5. The molecule has 3 rings (SSSR count). The minimum absolute atomic E-state index is 0.0388. The summed E-state index contributed by atoms with van der Waals surface area (Å²) in [6.45, 7) is 2.89. The SMILES string of the molecule is Cc1ccc(N2C[C@H](C(=O)NCCc3ccccc3)CC2=O)cc1Cl. The predicted molar refractivity (Wildman–Crippen MR) is 99.8 cm³/mol. The van der Waals surface area contributed by atoms with Gasteiger partial charge in [-0.3, -0.25) is 9.59 Å².